The van der Waals surface area contributed by atoms with Gasteiger partial charge in [0.1, 0.15) is 5.84 Å². The molecule has 4 N–H and O–H groups in total. The number of nitrogens with two attached hydrogens (primary N) is 1. The molecular formula is C18H26N4O3. The van der Waals surface area contributed by atoms with Gasteiger partial charge in [0, 0.05) is 37.3 Å². The maximum Gasteiger partial charge on any atom is 0.307 e. The molecule has 0 aromatic heterocycles. The third kappa shape index (κ3) is 5.77. The molecule has 0 saturated carbocycles. The number of hydrogen-bond acceptors (Lipinski definition) is 5. The second-order valence-electron chi connectivity index (χ2n) is 6.27. The van der Waals surface area contributed by atoms with Crippen LogP contribution in [-0.2, 0) is 14.3 Å². The fourth-order valence-electron chi connectivity index (χ4n) is 2.99. The predicted molar refractivity (Wildman–Crippen MR) is 96.7 cm³/mol. The first-order chi connectivity index (χ1) is 12.0. The summed E-state index contributed by atoms with van der Waals surface area (Å²) >= 11 is 0. The summed E-state index contributed by atoms with van der Waals surface area (Å²) in [5.74, 6) is 0.118. The number of amidine groups is 1. The highest BCUT2D eigenvalue weighted by molar-refractivity contribution is 5.95. The van der Waals surface area contributed by atoms with E-state index in [1.54, 1.807) is 0 Å². The van der Waals surface area contributed by atoms with Crippen molar-refractivity contribution in [2.75, 3.05) is 31.6 Å². The molecular weight excluding hydrogens is 320 g/mol. The summed E-state index contributed by atoms with van der Waals surface area (Å²) in [7, 11) is 1.34. The Labute approximate surface area is 148 Å². The summed E-state index contributed by atoms with van der Waals surface area (Å²) in [5.41, 5.74) is 7.31. The van der Waals surface area contributed by atoms with Crippen molar-refractivity contribution in [1.82, 2.24) is 5.32 Å². The fourth-order valence-corrected chi connectivity index (χ4v) is 2.99. The van der Waals surface area contributed by atoms with Crippen molar-refractivity contribution >= 4 is 23.4 Å². The summed E-state index contributed by atoms with van der Waals surface area (Å²) in [5, 5.41) is 10.2. The van der Waals surface area contributed by atoms with Crippen molar-refractivity contribution in [1.29, 1.82) is 5.41 Å². The van der Waals surface area contributed by atoms with Crippen molar-refractivity contribution < 1.29 is 14.3 Å². The van der Waals surface area contributed by atoms with E-state index >= 15 is 0 Å². The third-order valence-electron chi connectivity index (χ3n) is 4.51. The molecule has 0 bridgehead atoms. The standard InChI is InChI=1S/C18H26N4O3/c1-25-17(24)6-9-21-16(23)12-13-7-10-22(11-8-13)15-4-2-14(3-5-15)18(19)20/h2-5,13H,6-12H2,1H3,(H3,19,20)(H,21,23). The Kier molecular flexibility index (Phi) is 6.80. The molecule has 1 saturated heterocycles. The molecule has 7 nitrogen and oxygen atoms in total. The highest BCUT2D eigenvalue weighted by Crippen LogP contribution is 2.25. The van der Waals surface area contributed by atoms with Gasteiger partial charge >= 0.3 is 5.97 Å². The van der Waals surface area contributed by atoms with E-state index < -0.39 is 0 Å². The zero-order valence-electron chi connectivity index (χ0n) is 14.6. The van der Waals surface area contributed by atoms with Gasteiger partial charge in [-0.25, -0.2) is 0 Å². The highest BCUT2D eigenvalue weighted by Gasteiger charge is 2.21. The van der Waals surface area contributed by atoms with Crippen molar-refractivity contribution in [2.45, 2.75) is 25.7 Å². The molecule has 7 heteroatoms. The Morgan fingerprint density at radius 1 is 1.28 bits per heavy atom. The van der Waals surface area contributed by atoms with E-state index in [-0.39, 0.29) is 24.1 Å². The zero-order valence-corrected chi connectivity index (χ0v) is 14.6. The number of hydrogen-bond donors (Lipinski definition) is 3. The van der Waals surface area contributed by atoms with Crippen LogP contribution < -0.4 is 16.0 Å². The van der Waals surface area contributed by atoms with Crippen LogP contribution in [0.5, 0.6) is 0 Å². The van der Waals surface area contributed by atoms with Gasteiger partial charge in [0.25, 0.3) is 0 Å². The molecule has 1 fully saturated rings. The number of amides is 1. The number of nitrogen functional groups attached to an aromatic ring is 1. The SMILES string of the molecule is COC(=O)CCNC(=O)CC1CCN(c2ccc(C(=N)N)cc2)CC1. The van der Waals surface area contributed by atoms with E-state index in [1.807, 2.05) is 24.3 Å². The summed E-state index contributed by atoms with van der Waals surface area (Å²) in [4.78, 5) is 25.2. The molecule has 0 radical (unpaired) electrons. The van der Waals surface area contributed by atoms with Gasteiger partial charge in [0.2, 0.25) is 5.91 Å². The number of nitrogens with one attached hydrogen (secondary N) is 2. The minimum Gasteiger partial charge on any atom is -0.469 e. The first-order valence-corrected chi connectivity index (χ1v) is 8.52. The van der Waals surface area contributed by atoms with Crippen LogP contribution in [0.2, 0.25) is 0 Å². The number of esters is 1. The molecule has 1 aromatic rings. The lowest BCUT2D eigenvalue weighted by Gasteiger charge is -2.33. The molecule has 1 heterocycles. The molecule has 0 unspecified atom stereocenters. The number of piperidine rings is 1. The molecule has 1 aliphatic rings. The Hall–Kier alpha value is -2.57. The van der Waals surface area contributed by atoms with Crippen LogP contribution in [-0.4, -0.2) is 44.5 Å². The van der Waals surface area contributed by atoms with Gasteiger partial charge in [-0.2, -0.15) is 0 Å². The molecule has 2 rings (SSSR count). The van der Waals surface area contributed by atoms with Gasteiger partial charge in [-0.3, -0.25) is 15.0 Å². The normalized spacial score (nSPS) is 14.8. The van der Waals surface area contributed by atoms with E-state index in [2.05, 4.69) is 15.0 Å². The quantitative estimate of drug-likeness (QED) is 0.391. The molecule has 1 aromatic carbocycles. The van der Waals surface area contributed by atoms with Crippen LogP contribution in [0.4, 0.5) is 5.69 Å². The van der Waals surface area contributed by atoms with Crippen molar-refractivity contribution in [3.05, 3.63) is 29.8 Å². The fraction of sp³-hybridized carbons (Fsp3) is 0.500. The number of carbonyl (C=O) groups is 2. The average Bonchev–Trinajstić information content (AvgIpc) is 2.62. The lowest BCUT2D eigenvalue weighted by atomic mass is 9.93. The van der Waals surface area contributed by atoms with Crippen molar-refractivity contribution in [3.8, 4) is 0 Å². The molecule has 0 aliphatic carbocycles. The first kappa shape index (κ1) is 18.8. The van der Waals surface area contributed by atoms with Crippen LogP contribution in [0.15, 0.2) is 24.3 Å². The highest BCUT2D eigenvalue weighted by atomic mass is 16.5. The number of carbonyl (C=O) groups excluding carboxylic acids is 2. The van der Waals surface area contributed by atoms with Crippen LogP contribution >= 0.6 is 0 Å². The van der Waals surface area contributed by atoms with Crippen LogP contribution in [0, 0.1) is 11.3 Å². The smallest absolute Gasteiger partial charge is 0.307 e. The Morgan fingerprint density at radius 2 is 1.92 bits per heavy atom. The van der Waals surface area contributed by atoms with E-state index in [0.29, 0.717) is 18.9 Å². The lowest BCUT2D eigenvalue weighted by Crippen LogP contribution is -2.36. The summed E-state index contributed by atoms with van der Waals surface area (Å²) in [6.45, 7) is 2.13. The number of ether oxygens (including phenoxy) is 1. The van der Waals surface area contributed by atoms with Gasteiger partial charge in [-0.15, -0.1) is 0 Å². The topological polar surface area (TPSA) is 109 Å². The summed E-state index contributed by atoms with van der Waals surface area (Å²) in [6, 6.07) is 7.68. The van der Waals surface area contributed by atoms with Crippen molar-refractivity contribution in [2.24, 2.45) is 11.7 Å². The van der Waals surface area contributed by atoms with Gasteiger partial charge < -0.3 is 20.7 Å². The van der Waals surface area contributed by atoms with Gasteiger partial charge in [-0.1, -0.05) is 0 Å². The first-order valence-electron chi connectivity index (χ1n) is 8.52. The van der Waals surface area contributed by atoms with Gasteiger partial charge in [0.15, 0.2) is 0 Å². The monoisotopic (exact) mass is 346 g/mol. The second-order valence-corrected chi connectivity index (χ2v) is 6.27. The maximum absolute atomic E-state index is 11.9. The van der Waals surface area contributed by atoms with Crippen molar-refractivity contribution in [3.63, 3.8) is 0 Å². The zero-order chi connectivity index (χ0) is 18.2. The molecule has 1 aliphatic heterocycles. The molecule has 25 heavy (non-hydrogen) atoms. The van der Waals surface area contributed by atoms with E-state index in [1.165, 1.54) is 7.11 Å². The van der Waals surface area contributed by atoms with E-state index in [9.17, 15) is 9.59 Å². The second kappa shape index (κ2) is 9.05. The molecule has 0 spiro atoms. The summed E-state index contributed by atoms with van der Waals surface area (Å²) < 4.78 is 4.54. The van der Waals surface area contributed by atoms with Gasteiger partial charge in [-0.05, 0) is 43.0 Å². The number of anilines is 1. The largest absolute Gasteiger partial charge is 0.469 e. The van der Waals surface area contributed by atoms with E-state index in [0.717, 1.165) is 37.2 Å². The average molecular weight is 346 g/mol. The Morgan fingerprint density at radius 3 is 2.48 bits per heavy atom. The Balaban J connectivity index is 1.73. The minimum absolute atomic E-state index is 0.00633. The lowest BCUT2D eigenvalue weighted by molar-refractivity contribution is -0.140. The summed E-state index contributed by atoms with van der Waals surface area (Å²) in [6.07, 6.45) is 2.62. The third-order valence-corrected chi connectivity index (χ3v) is 4.51. The van der Waals surface area contributed by atoms with Crippen LogP contribution in [0.3, 0.4) is 0 Å². The number of benzene rings is 1. The molecule has 0 atom stereocenters. The van der Waals surface area contributed by atoms with Gasteiger partial charge in [0.05, 0.1) is 13.5 Å². The predicted octanol–water partition coefficient (Wildman–Crippen LogP) is 1.26. The molecule has 1 amide bonds. The number of rotatable bonds is 7. The van der Waals surface area contributed by atoms with E-state index in [4.69, 9.17) is 11.1 Å². The maximum atomic E-state index is 11.9. The molecule has 136 valence electrons. The van der Waals surface area contributed by atoms with Crippen LogP contribution in [0.1, 0.15) is 31.2 Å². The minimum atomic E-state index is -0.315. The van der Waals surface area contributed by atoms with Crippen LogP contribution in [0.25, 0.3) is 0 Å². The number of nitrogens with zero attached hydrogens (tertiary/aromatic N) is 1. The Bertz CT molecular complexity index is 607. The number of methoxy groups -OCH3 is 1.